The number of hydrazine groups is 1. The first kappa shape index (κ1) is 20.2. The molecule has 1 amide bonds. The van der Waals surface area contributed by atoms with Gasteiger partial charge in [-0.3, -0.25) is 9.69 Å². The van der Waals surface area contributed by atoms with E-state index in [1.165, 1.54) is 0 Å². The summed E-state index contributed by atoms with van der Waals surface area (Å²) in [6.45, 7) is 6.42. The summed E-state index contributed by atoms with van der Waals surface area (Å²) in [5.41, 5.74) is 0.0456. The number of rotatable bonds is 4. The summed E-state index contributed by atoms with van der Waals surface area (Å²) in [7, 11) is 0. The standard InChI is InChI=1S/C23H29N5O3/c1-23(2)21(29)27(17-8-6-7-9-17)20-19(31-23)16-24-22(25-20)28(18-10-4-3-5-11-18)26-12-14-30-15-13-26/h3-5,10-11,16-17H,6-9,12-15H2,1-2H3. The fourth-order valence-electron chi connectivity index (χ4n) is 4.63. The van der Waals surface area contributed by atoms with E-state index in [1.807, 2.05) is 54.1 Å². The number of ether oxygens (including phenoxy) is 2. The largest absolute Gasteiger partial charge is 0.472 e. The number of anilines is 3. The SMILES string of the molecule is CC1(C)Oc2cnc(N(c3ccccc3)N3CCOCC3)nc2N(C2CCCC2)C1=O. The molecule has 3 heterocycles. The molecule has 8 nitrogen and oxygen atoms in total. The summed E-state index contributed by atoms with van der Waals surface area (Å²) < 4.78 is 11.6. The molecule has 0 N–H and O–H groups in total. The van der Waals surface area contributed by atoms with Gasteiger partial charge in [-0.1, -0.05) is 31.0 Å². The van der Waals surface area contributed by atoms with Crippen molar-refractivity contribution in [1.29, 1.82) is 0 Å². The molecular formula is C23H29N5O3. The van der Waals surface area contributed by atoms with Gasteiger partial charge in [0.2, 0.25) is 5.95 Å². The molecule has 31 heavy (non-hydrogen) atoms. The minimum Gasteiger partial charge on any atom is -0.472 e. The predicted octanol–water partition coefficient (Wildman–Crippen LogP) is 3.31. The maximum absolute atomic E-state index is 13.3. The third-order valence-electron chi connectivity index (χ3n) is 6.20. The Bertz CT molecular complexity index is 939. The van der Waals surface area contributed by atoms with Gasteiger partial charge in [0.1, 0.15) is 0 Å². The fraction of sp³-hybridized carbons (Fsp3) is 0.522. The van der Waals surface area contributed by atoms with Crippen molar-refractivity contribution in [2.24, 2.45) is 0 Å². The lowest BCUT2D eigenvalue weighted by Crippen LogP contribution is -2.56. The van der Waals surface area contributed by atoms with E-state index >= 15 is 0 Å². The first-order valence-corrected chi connectivity index (χ1v) is 11.1. The summed E-state index contributed by atoms with van der Waals surface area (Å²) in [6.07, 6.45) is 5.96. The first-order chi connectivity index (χ1) is 15.0. The lowest BCUT2D eigenvalue weighted by molar-refractivity contribution is -0.133. The number of morpholine rings is 1. The molecule has 3 aliphatic rings. The van der Waals surface area contributed by atoms with Crippen LogP contribution >= 0.6 is 0 Å². The summed E-state index contributed by atoms with van der Waals surface area (Å²) in [4.78, 5) is 24.8. The number of carbonyl (C=O) groups is 1. The quantitative estimate of drug-likeness (QED) is 0.747. The summed E-state index contributed by atoms with van der Waals surface area (Å²) in [5, 5.41) is 4.22. The fourth-order valence-corrected chi connectivity index (χ4v) is 4.63. The van der Waals surface area contributed by atoms with Gasteiger partial charge in [-0.05, 0) is 38.8 Å². The highest BCUT2D eigenvalue weighted by Crippen LogP contribution is 2.41. The zero-order chi connectivity index (χ0) is 21.4. The minimum atomic E-state index is -0.927. The van der Waals surface area contributed by atoms with Gasteiger partial charge in [-0.25, -0.2) is 15.0 Å². The molecule has 1 saturated heterocycles. The van der Waals surface area contributed by atoms with Crippen molar-refractivity contribution < 1.29 is 14.3 Å². The predicted molar refractivity (Wildman–Crippen MR) is 117 cm³/mol. The van der Waals surface area contributed by atoms with Crippen LogP contribution in [0.25, 0.3) is 0 Å². The Labute approximate surface area is 182 Å². The molecule has 164 valence electrons. The van der Waals surface area contributed by atoms with Gasteiger partial charge in [0.05, 0.1) is 25.1 Å². The Balaban J connectivity index is 1.59. The average molecular weight is 424 g/mol. The lowest BCUT2D eigenvalue weighted by atomic mass is 10.0. The van der Waals surface area contributed by atoms with Crippen molar-refractivity contribution >= 4 is 23.4 Å². The van der Waals surface area contributed by atoms with Crippen molar-refractivity contribution in [2.75, 3.05) is 36.2 Å². The van der Waals surface area contributed by atoms with Gasteiger partial charge in [0.25, 0.3) is 5.91 Å². The van der Waals surface area contributed by atoms with E-state index in [1.54, 1.807) is 6.20 Å². The van der Waals surface area contributed by atoms with E-state index < -0.39 is 5.60 Å². The number of benzene rings is 1. The highest BCUT2D eigenvalue weighted by molar-refractivity contribution is 6.02. The van der Waals surface area contributed by atoms with Crippen LogP contribution in [0.3, 0.4) is 0 Å². The van der Waals surface area contributed by atoms with Gasteiger partial charge in [-0.2, -0.15) is 4.98 Å². The lowest BCUT2D eigenvalue weighted by Gasteiger charge is -2.41. The van der Waals surface area contributed by atoms with Crippen molar-refractivity contribution in [3.63, 3.8) is 0 Å². The molecule has 1 saturated carbocycles. The van der Waals surface area contributed by atoms with E-state index in [9.17, 15) is 4.79 Å². The summed E-state index contributed by atoms with van der Waals surface area (Å²) >= 11 is 0. The van der Waals surface area contributed by atoms with Crippen molar-refractivity contribution in [2.45, 2.75) is 51.2 Å². The second kappa shape index (κ2) is 8.09. The van der Waals surface area contributed by atoms with Crippen molar-refractivity contribution in [3.8, 4) is 5.75 Å². The van der Waals surface area contributed by atoms with E-state index in [0.717, 1.165) is 44.5 Å². The number of aromatic nitrogens is 2. The minimum absolute atomic E-state index is 0.0332. The van der Waals surface area contributed by atoms with Crippen LogP contribution in [-0.4, -0.2) is 58.8 Å². The Hall–Kier alpha value is -2.71. The number of fused-ring (bicyclic) bond motifs is 1. The first-order valence-electron chi connectivity index (χ1n) is 11.1. The van der Waals surface area contributed by atoms with Gasteiger partial charge < -0.3 is 9.47 Å². The number of hydrogen-bond acceptors (Lipinski definition) is 7. The third-order valence-corrected chi connectivity index (χ3v) is 6.20. The molecular weight excluding hydrogens is 394 g/mol. The normalized spacial score (nSPS) is 21.6. The Morgan fingerprint density at radius 3 is 2.52 bits per heavy atom. The van der Waals surface area contributed by atoms with Crippen LogP contribution in [0.1, 0.15) is 39.5 Å². The highest BCUT2D eigenvalue weighted by Gasteiger charge is 2.45. The molecule has 2 fully saturated rings. The van der Waals surface area contributed by atoms with E-state index in [4.69, 9.17) is 14.5 Å². The van der Waals surface area contributed by atoms with Crippen LogP contribution in [0.5, 0.6) is 5.75 Å². The monoisotopic (exact) mass is 423 g/mol. The van der Waals surface area contributed by atoms with Crippen LogP contribution in [0.4, 0.5) is 17.5 Å². The summed E-state index contributed by atoms with van der Waals surface area (Å²) in [5.74, 6) is 1.64. The average Bonchev–Trinajstić information content (AvgIpc) is 3.31. The number of hydrogen-bond donors (Lipinski definition) is 0. The topological polar surface area (TPSA) is 71.0 Å². The molecule has 0 atom stereocenters. The zero-order valence-corrected chi connectivity index (χ0v) is 18.2. The second-order valence-electron chi connectivity index (χ2n) is 8.80. The molecule has 1 aromatic heterocycles. The Kier molecular flexibility index (Phi) is 5.27. The van der Waals surface area contributed by atoms with E-state index in [2.05, 4.69) is 9.99 Å². The number of para-hydroxylation sites is 1. The van der Waals surface area contributed by atoms with Crippen LogP contribution in [0.2, 0.25) is 0 Å². The number of amides is 1. The Morgan fingerprint density at radius 2 is 1.81 bits per heavy atom. The van der Waals surface area contributed by atoms with Crippen molar-refractivity contribution in [3.05, 3.63) is 36.5 Å². The maximum atomic E-state index is 13.3. The molecule has 2 aromatic rings. The molecule has 0 radical (unpaired) electrons. The second-order valence-corrected chi connectivity index (χ2v) is 8.80. The van der Waals surface area contributed by atoms with Gasteiger partial charge in [0, 0.05) is 19.1 Å². The summed E-state index contributed by atoms with van der Waals surface area (Å²) in [6, 6.07) is 10.2. The van der Waals surface area contributed by atoms with Crippen molar-refractivity contribution in [1.82, 2.24) is 15.0 Å². The molecule has 1 aliphatic carbocycles. The molecule has 0 spiro atoms. The van der Waals surface area contributed by atoms with Gasteiger partial charge in [0.15, 0.2) is 17.2 Å². The van der Waals surface area contributed by atoms with Gasteiger partial charge >= 0.3 is 0 Å². The van der Waals surface area contributed by atoms with Crippen LogP contribution in [-0.2, 0) is 9.53 Å². The molecule has 1 aromatic carbocycles. The molecule has 0 bridgehead atoms. The van der Waals surface area contributed by atoms with E-state index in [0.29, 0.717) is 30.7 Å². The van der Waals surface area contributed by atoms with Crippen LogP contribution < -0.4 is 14.6 Å². The number of nitrogens with zero attached hydrogens (tertiary/aromatic N) is 5. The zero-order valence-electron chi connectivity index (χ0n) is 18.2. The molecule has 0 unspecified atom stereocenters. The van der Waals surface area contributed by atoms with Crippen LogP contribution in [0, 0.1) is 0 Å². The number of carbonyl (C=O) groups excluding carboxylic acids is 1. The van der Waals surface area contributed by atoms with E-state index in [-0.39, 0.29) is 11.9 Å². The molecule has 5 rings (SSSR count). The maximum Gasteiger partial charge on any atom is 0.272 e. The molecule has 2 aliphatic heterocycles. The molecule has 8 heteroatoms. The highest BCUT2D eigenvalue weighted by atomic mass is 16.5. The smallest absolute Gasteiger partial charge is 0.272 e. The Morgan fingerprint density at radius 1 is 1.10 bits per heavy atom. The third kappa shape index (κ3) is 3.74. The van der Waals surface area contributed by atoms with Crippen LogP contribution in [0.15, 0.2) is 36.5 Å². The van der Waals surface area contributed by atoms with Gasteiger partial charge in [-0.15, -0.1) is 0 Å².